The van der Waals surface area contributed by atoms with E-state index in [1.54, 1.807) is 24.3 Å². The number of hydrogen-bond acceptors (Lipinski definition) is 5. The number of carbonyl (C=O) groups is 2. The van der Waals surface area contributed by atoms with Crippen molar-refractivity contribution in [2.45, 2.75) is 6.61 Å². The zero-order valence-electron chi connectivity index (χ0n) is 18.0. The van der Waals surface area contributed by atoms with Crippen molar-refractivity contribution in [3.05, 3.63) is 90.0 Å². The first-order valence-corrected chi connectivity index (χ1v) is 10.7. The first kappa shape index (κ1) is 22.2. The van der Waals surface area contributed by atoms with Gasteiger partial charge in [-0.05, 0) is 58.4 Å². The SMILES string of the molecule is C=CCN1C(=O)/C(=C/c2ccc(OCc3ccc4ccccc4c3)c(OC)c2)C(=O)NC1=S. The predicted octanol–water partition coefficient (Wildman–Crippen LogP) is 4.24. The van der Waals surface area contributed by atoms with Gasteiger partial charge in [-0.3, -0.25) is 19.8 Å². The summed E-state index contributed by atoms with van der Waals surface area (Å²) in [4.78, 5) is 26.4. The number of thiocarbonyl (C=S) groups is 1. The average Bonchev–Trinajstić information content (AvgIpc) is 2.83. The molecule has 6 nitrogen and oxygen atoms in total. The minimum Gasteiger partial charge on any atom is -0.493 e. The van der Waals surface area contributed by atoms with Crippen molar-refractivity contribution in [2.75, 3.05) is 13.7 Å². The van der Waals surface area contributed by atoms with Crippen LogP contribution in [-0.2, 0) is 16.2 Å². The number of nitrogens with zero attached hydrogens (tertiary/aromatic N) is 1. The predicted molar refractivity (Wildman–Crippen MR) is 132 cm³/mol. The second kappa shape index (κ2) is 9.67. The van der Waals surface area contributed by atoms with Crippen LogP contribution in [0.4, 0.5) is 0 Å². The largest absolute Gasteiger partial charge is 0.493 e. The van der Waals surface area contributed by atoms with Crippen molar-refractivity contribution in [1.29, 1.82) is 0 Å². The lowest BCUT2D eigenvalue weighted by Gasteiger charge is -2.27. The highest BCUT2D eigenvalue weighted by molar-refractivity contribution is 7.80. The normalized spacial score (nSPS) is 15.0. The summed E-state index contributed by atoms with van der Waals surface area (Å²) in [5, 5.41) is 4.92. The van der Waals surface area contributed by atoms with E-state index in [1.165, 1.54) is 23.5 Å². The Balaban J connectivity index is 1.54. The summed E-state index contributed by atoms with van der Waals surface area (Å²) in [5.74, 6) is 0.0362. The van der Waals surface area contributed by atoms with Crippen molar-refractivity contribution in [3.63, 3.8) is 0 Å². The Kier molecular flexibility index (Phi) is 6.51. The van der Waals surface area contributed by atoms with Crippen LogP contribution in [-0.4, -0.2) is 35.5 Å². The van der Waals surface area contributed by atoms with E-state index >= 15 is 0 Å². The van der Waals surface area contributed by atoms with Crippen LogP contribution in [0.3, 0.4) is 0 Å². The van der Waals surface area contributed by atoms with E-state index in [1.807, 2.05) is 18.2 Å². The molecule has 0 spiro atoms. The zero-order chi connectivity index (χ0) is 23.4. The third kappa shape index (κ3) is 4.78. The molecule has 0 saturated carbocycles. The number of methoxy groups -OCH3 is 1. The van der Waals surface area contributed by atoms with Gasteiger partial charge in [0.25, 0.3) is 11.8 Å². The molecule has 0 aliphatic carbocycles. The quantitative estimate of drug-likeness (QED) is 0.248. The Morgan fingerprint density at radius 1 is 1.03 bits per heavy atom. The standard InChI is InChI=1S/C26H22N2O4S/c1-3-12-28-25(30)21(24(29)27-26(28)33)14-17-9-11-22(23(15-17)31-2)32-16-18-8-10-19-6-4-5-7-20(19)13-18/h3-11,13-15H,1,12,16H2,2H3,(H,27,29,33)/b21-14+. The van der Waals surface area contributed by atoms with E-state index in [4.69, 9.17) is 21.7 Å². The second-order valence-corrected chi connectivity index (χ2v) is 7.79. The summed E-state index contributed by atoms with van der Waals surface area (Å²) in [5.41, 5.74) is 1.64. The number of hydrogen-bond donors (Lipinski definition) is 1. The first-order chi connectivity index (χ1) is 16.0. The molecule has 3 aromatic rings. The van der Waals surface area contributed by atoms with Gasteiger partial charge >= 0.3 is 0 Å². The molecule has 3 aromatic carbocycles. The van der Waals surface area contributed by atoms with Crippen molar-refractivity contribution in [1.82, 2.24) is 10.2 Å². The Bertz CT molecular complexity index is 1300. The highest BCUT2D eigenvalue weighted by Crippen LogP contribution is 2.30. The number of rotatable bonds is 7. The van der Waals surface area contributed by atoms with Crippen LogP contribution in [0.2, 0.25) is 0 Å². The van der Waals surface area contributed by atoms with Crippen LogP contribution in [0.5, 0.6) is 11.5 Å². The van der Waals surface area contributed by atoms with Crippen LogP contribution in [0, 0.1) is 0 Å². The molecule has 1 aliphatic rings. The smallest absolute Gasteiger partial charge is 0.265 e. The maximum atomic E-state index is 12.7. The fraction of sp³-hybridized carbons (Fsp3) is 0.115. The summed E-state index contributed by atoms with van der Waals surface area (Å²) in [6.45, 7) is 4.20. The van der Waals surface area contributed by atoms with Gasteiger partial charge in [0, 0.05) is 6.54 Å². The second-order valence-electron chi connectivity index (χ2n) is 7.40. The summed E-state index contributed by atoms with van der Waals surface area (Å²) < 4.78 is 11.5. The van der Waals surface area contributed by atoms with E-state index in [0.717, 1.165) is 10.9 Å². The molecular formula is C26H22N2O4S. The number of benzene rings is 3. The molecule has 0 bridgehead atoms. The molecule has 0 atom stereocenters. The molecule has 1 saturated heterocycles. The molecule has 2 amide bonds. The molecule has 166 valence electrons. The van der Waals surface area contributed by atoms with E-state index in [9.17, 15) is 9.59 Å². The maximum Gasteiger partial charge on any atom is 0.265 e. The third-order valence-corrected chi connectivity index (χ3v) is 5.53. The number of ether oxygens (including phenoxy) is 2. The van der Waals surface area contributed by atoms with E-state index in [0.29, 0.717) is 23.7 Å². The lowest BCUT2D eigenvalue weighted by atomic mass is 10.1. The summed E-state index contributed by atoms with van der Waals surface area (Å²) >= 11 is 5.08. The number of fused-ring (bicyclic) bond motifs is 1. The van der Waals surface area contributed by atoms with Gasteiger partial charge in [0.05, 0.1) is 7.11 Å². The first-order valence-electron chi connectivity index (χ1n) is 10.3. The molecule has 1 fully saturated rings. The highest BCUT2D eigenvalue weighted by atomic mass is 32.1. The van der Waals surface area contributed by atoms with Gasteiger partial charge < -0.3 is 9.47 Å². The van der Waals surface area contributed by atoms with Crippen molar-refractivity contribution in [2.24, 2.45) is 0 Å². The highest BCUT2D eigenvalue weighted by Gasteiger charge is 2.32. The maximum absolute atomic E-state index is 12.7. The lowest BCUT2D eigenvalue weighted by Crippen LogP contribution is -2.53. The molecule has 0 unspecified atom stereocenters. The Labute approximate surface area is 197 Å². The molecule has 1 heterocycles. The summed E-state index contributed by atoms with van der Waals surface area (Å²) in [6.07, 6.45) is 3.05. The minimum atomic E-state index is -0.541. The fourth-order valence-electron chi connectivity index (χ4n) is 3.54. The molecule has 33 heavy (non-hydrogen) atoms. The Hall–Kier alpha value is -3.97. The van der Waals surface area contributed by atoms with Gasteiger partial charge in [-0.25, -0.2) is 0 Å². The molecule has 7 heteroatoms. The molecule has 0 radical (unpaired) electrons. The van der Waals surface area contributed by atoms with Gasteiger partial charge in [-0.2, -0.15) is 0 Å². The van der Waals surface area contributed by atoms with E-state index in [-0.39, 0.29) is 17.2 Å². The third-order valence-electron chi connectivity index (χ3n) is 5.20. The topological polar surface area (TPSA) is 67.9 Å². The molecule has 0 aromatic heterocycles. The van der Waals surface area contributed by atoms with Gasteiger partial charge in [0.1, 0.15) is 12.2 Å². The van der Waals surface area contributed by atoms with Crippen molar-refractivity contribution in [3.8, 4) is 11.5 Å². The summed E-state index contributed by atoms with van der Waals surface area (Å²) in [7, 11) is 1.54. The Morgan fingerprint density at radius 2 is 1.82 bits per heavy atom. The molecule has 1 N–H and O–H groups in total. The summed E-state index contributed by atoms with van der Waals surface area (Å²) in [6, 6.07) is 19.6. The van der Waals surface area contributed by atoms with Gasteiger partial charge in [-0.15, -0.1) is 6.58 Å². The van der Waals surface area contributed by atoms with Crippen LogP contribution < -0.4 is 14.8 Å². The van der Waals surface area contributed by atoms with Crippen LogP contribution in [0.1, 0.15) is 11.1 Å². The van der Waals surface area contributed by atoms with Gasteiger partial charge in [-0.1, -0.05) is 48.5 Å². The lowest BCUT2D eigenvalue weighted by molar-refractivity contribution is -0.128. The van der Waals surface area contributed by atoms with Crippen LogP contribution in [0.15, 0.2) is 78.9 Å². The van der Waals surface area contributed by atoms with Crippen molar-refractivity contribution < 1.29 is 19.1 Å². The molecular weight excluding hydrogens is 436 g/mol. The van der Waals surface area contributed by atoms with Gasteiger partial charge in [0.15, 0.2) is 16.6 Å². The zero-order valence-corrected chi connectivity index (χ0v) is 18.9. The monoisotopic (exact) mass is 458 g/mol. The van der Waals surface area contributed by atoms with Crippen molar-refractivity contribution >= 4 is 46.0 Å². The van der Waals surface area contributed by atoms with Crippen LogP contribution in [0.25, 0.3) is 16.8 Å². The fourth-order valence-corrected chi connectivity index (χ4v) is 3.79. The number of carbonyl (C=O) groups excluding carboxylic acids is 2. The van der Waals surface area contributed by atoms with Crippen LogP contribution >= 0.6 is 12.2 Å². The Morgan fingerprint density at radius 3 is 2.58 bits per heavy atom. The van der Waals surface area contributed by atoms with E-state index < -0.39 is 11.8 Å². The number of amides is 2. The average molecular weight is 459 g/mol. The van der Waals surface area contributed by atoms with E-state index in [2.05, 4.69) is 36.2 Å². The van der Waals surface area contributed by atoms with Gasteiger partial charge in [0.2, 0.25) is 0 Å². The molecule has 4 rings (SSSR count). The number of nitrogens with one attached hydrogen (secondary N) is 1. The molecule has 1 aliphatic heterocycles. The minimum absolute atomic E-state index is 0.0164.